The van der Waals surface area contributed by atoms with Crippen LogP contribution in [-0.4, -0.2) is 29.1 Å². The molecule has 1 atom stereocenters. The highest BCUT2D eigenvalue weighted by molar-refractivity contribution is 8.00. The van der Waals surface area contributed by atoms with Gasteiger partial charge in [-0.2, -0.15) is 0 Å². The highest BCUT2D eigenvalue weighted by Gasteiger charge is 2.17. The number of methoxy groups -OCH3 is 1. The average molecular weight is 486 g/mol. The molecule has 0 aliphatic rings. The van der Waals surface area contributed by atoms with Crippen molar-refractivity contribution in [1.82, 2.24) is 0 Å². The molecule has 33 heavy (non-hydrogen) atoms. The number of nitro benzene ring substituents is 1. The minimum atomic E-state index is -0.553. The van der Waals surface area contributed by atoms with Crippen molar-refractivity contribution in [3.8, 4) is 5.75 Å². The van der Waals surface area contributed by atoms with Gasteiger partial charge in [-0.25, -0.2) is 0 Å². The number of thioether (sulfide) groups is 1. The Labute approximate surface area is 199 Å². The minimum absolute atomic E-state index is 0.156. The second-order valence-electron chi connectivity index (χ2n) is 6.88. The molecule has 0 bridgehead atoms. The van der Waals surface area contributed by atoms with Crippen LogP contribution in [0, 0.1) is 10.1 Å². The summed E-state index contributed by atoms with van der Waals surface area (Å²) in [6, 6.07) is 17.4. The Hall–Kier alpha value is -3.56. The number of anilines is 2. The molecule has 2 amide bonds. The molecule has 3 aromatic carbocycles. The van der Waals surface area contributed by atoms with Gasteiger partial charge in [-0.05, 0) is 55.5 Å². The molecule has 0 saturated carbocycles. The zero-order valence-corrected chi connectivity index (χ0v) is 19.3. The Balaban J connectivity index is 1.60. The molecule has 0 radical (unpaired) electrons. The van der Waals surface area contributed by atoms with Gasteiger partial charge in [0.2, 0.25) is 5.91 Å². The number of amides is 2. The van der Waals surface area contributed by atoms with Gasteiger partial charge in [-0.15, -0.1) is 11.8 Å². The number of nitrogens with one attached hydrogen (secondary N) is 2. The first-order valence-corrected chi connectivity index (χ1v) is 11.0. The molecule has 0 aromatic heterocycles. The number of benzene rings is 3. The number of carbonyl (C=O) groups excluding carboxylic acids is 2. The maximum Gasteiger partial charge on any atom is 0.270 e. The van der Waals surface area contributed by atoms with E-state index in [1.165, 1.54) is 43.1 Å². The first-order valence-electron chi connectivity index (χ1n) is 9.73. The zero-order valence-electron chi connectivity index (χ0n) is 17.7. The molecule has 0 aliphatic carbocycles. The topological polar surface area (TPSA) is 111 Å². The third kappa shape index (κ3) is 6.47. The van der Waals surface area contributed by atoms with Crippen molar-refractivity contribution < 1.29 is 19.2 Å². The minimum Gasteiger partial charge on any atom is -0.495 e. The van der Waals surface area contributed by atoms with Crippen molar-refractivity contribution in [2.45, 2.75) is 17.1 Å². The summed E-state index contributed by atoms with van der Waals surface area (Å²) in [6.45, 7) is 1.77. The number of non-ortho nitro benzene ring substituents is 1. The van der Waals surface area contributed by atoms with E-state index < -0.39 is 16.1 Å². The summed E-state index contributed by atoms with van der Waals surface area (Å²) in [7, 11) is 1.51. The number of ether oxygens (including phenoxy) is 1. The van der Waals surface area contributed by atoms with E-state index in [4.69, 9.17) is 16.3 Å². The molecule has 170 valence electrons. The summed E-state index contributed by atoms with van der Waals surface area (Å²) < 4.78 is 5.25. The highest BCUT2D eigenvalue weighted by atomic mass is 35.5. The molecule has 1 unspecified atom stereocenters. The Morgan fingerprint density at radius 1 is 1.06 bits per heavy atom. The van der Waals surface area contributed by atoms with Crippen molar-refractivity contribution in [3.63, 3.8) is 0 Å². The van der Waals surface area contributed by atoms with Crippen LogP contribution in [0.4, 0.5) is 17.1 Å². The fourth-order valence-electron chi connectivity index (χ4n) is 2.85. The van der Waals surface area contributed by atoms with Crippen molar-refractivity contribution in [3.05, 3.63) is 87.4 Å². The number of nitro groups is 1. The van der Waals surface area contributed by atoms with Gasteiger partial charge in [-0.3, -0.25) is 19.7 Å². The number of rotatable bonds is 8. The molecule has 0 saturated heterocycles. The van der Waals surface area contributed by atoms with Crippen LogP contribution in [0.5, 0.6) is 5.75 Å². The largest absolute Gasteiger partial charge is 0.495 e. The third-order valence-electron chi connectivity index (χ3n) is 4.53. The highest BCUT2D eigenvalue weighted by Crippen LogP contribution is 2.30. The van der Waals surface area contributed by atoms with E-state index >= 15 is 0 Å². The van der Waals surface area contributed by atoms with E-state index in [-0.39, 0.29) is 17.2 Å². The molecular formula is C23H20ClN3O5S. The molecular weight excluding hydrogens is 466 g/mol. The number of carbonyl (C=O) groups is 2. The van der Waals surface area contributed by atoms with Crippen LogP contribution in [0.3, 0.4) is 0 Å². The van der Waals surface area contributed by atoms with Gasteiger partial charge in [0.1, 0.15) is 5.75 Å². The molecule has 8 nitrogen and oxygen atoms in total. The number of nitrogens with zero attached hydrogens (tertiary/aromatic N) is 1. The fourth-order valence-corrected chi connectivity index (χ4v) is 3.89. The summed E-state index contributed by atoms with van der Waals surface area (Å²) in [6.07, 6.45) is 0. The van der Waals surface area contributed by atoms with E-state index in [1.54, 1.807) is 49.4 Å². The second-order valence-corrected chi connectivity index (χ2v) is 8.73. The normalized spacial score (nSPS) is 11.4. The zero-order chi connectivity index (χ0) is 24.0. The SMILES string of the molecule is COc1ccc(Cl)cc1NC(=O)C(C)Sc1ccc(NC(=O)c2cccc([N+](=O)[O-])c2)cc1. The van der Waals surface area contributed by atoms with E-state index in [9.17, 15) is 19.7 Å². The van der Waals surface area contributed by atoms with Gasteiger partial charge in [-0.1, -0.05) is 17.7 Å². The third-order valence-corrected chi connectivity index (χ3v) is 5.88. The predicted octanol–water partition coefficient (Wildman–Crippen LogP) is 5.63. The first-order chi connectivity index (χ1) is 15.8. The summed E-state index contributed by atoms with van der Waals surface area (Å²) in [5, 5.41) is 16.5. The summed E-state index contributed by atoms with van der Waals surface area (Å²) in [4.78, 5) is 36.1. The number of hydrogen-bond acceptors (Lipinski definition) is 6. The van der Waals surface area contributed by atoms with E-state index in [1.807, 2.05) is 0 Å². The standard InChI is InChI=1S/C23H20ClN3O5S/c1-14(22(28)26-20-13-16(24)6-11-21(20)32-2)33-19-9-7-17(8-10-19)25-23(29)15-4-3-5-18(12-15)27(30)31/h3-14H,1-2H3,(H,25,29)(H,26,28). The Kier molecular flexibility index (Phi) is 7.92. The van der Waals surface area contributed by atoms with E-state index in [2.05, 4.69) is 10.6 Å². The van der Waals surface area contributed by atoms with Gasteiger partial charge in [0.25, 0.3) is 11.6 Å². The van der Waals surface area contributed by atoms with Crippen LogP contribution in [-0.2, 0) is 4.79 Å². The summed E-state index contributed by atoms with van der Waals surface area (Å²) in [5.74, 6) is -0.167. The maximum absolute atomic E-state index is 12.6. The lowest BCUT2D eigenvalue weighted by molar-refractivity contribution is -0.384. The van der Waals surface area contributed by atoms with Crippen molar-refractivity contribution >= 4 is 52.2 Å². The van der Waals surface area contributed by atoms with Crippen LogP contribution < -0.4 is 15.4 Å². The Morgan fingerprint density at radius 3 is 2.45 bits per heavy atom. The lowest BCUT2D eigenvalue weighted by Gasteiger charge is -2.15. The lowest BCUT2D eigenvalue weighted by Crippen LogP contribution is -2.22. The first kappa shape index (κ1) is 24.1. The van der Waals surface area contributed by atoms with Crippen LogP contribution >= 0.6 is 23.4 Å². The molecule has 0 aliphatic heterocycles. The van der Waals surface area contributed by atoms with Gasteiger partial charge < -0.3 is 15.4 Å². The lowest BCUT2D eigenvalue weighted by atomic mass is 10.2. The molecule has 0 spiro atoms. The van der Waals surface area contributed by atoms with Gasteiger partial charge in [0, 0.05) is 33.3 Å². The molecule has 3 aromatic rings. The van der Waals surface area contributed by atoms with Crippen molar-refractivity contribution in [2.24, 2.45) is 0 Å². The van der Waals surface area contributed by atoms with Crippen molar-refractivity contribution in [2.75, 3.05) is 17.7 Å². The quantitative estimate of drug-likeness (QED) is 0.243. The Bertz CT molecular complexity index is 1190. The molecule has 0 heterocycles. The van der Waals surface area contributed by atoms with Gasteiger partial charge in [0.05, 0.1) is 23.0 Å². The molecule has 10 heteroatoms. The van der Waals surface area contributed by atoms with Crippen LogP contribution in [0.2, 0.25) is 5.02 Å². The molecule has 3 rings (SSSR count). The van der Waals surface area contributed by atoms with Crippen molar-refractivity contribution in [1.29, 1.82) is 0 Å². The van der Waals surface area contributed by atoms with Crippen LogP contribution in [0.25, 0.3) is 0 Å². The Morgan fingerprint density at radius 2 is 1.79 bits per heavy atom. The average Bonchev–Trinajstić information content (AvgIpc) is 2.80. The van der Waals surface area contributed by atoms with Gasteiger partial charge in [0.15, 0.2) is 0 Å². The maximum atomic E-state index is 12.6. The number of halogens is 1. The fraction of sp³-hybridized carbons (Fsp3) is 0.130. The van der Waals surface area contributed by atoms with Crippen LogP contribution in [0.1, 0.15) is 17.3 Å². The summed E-state index contributed by atoms with van der Waals surface area (Å²) in [5.41, 5.74) is 1.04. The number of hydrogen-bond donors (Lipinski definition) is 2. The van der Waals surface area contributed by atoms with E-state index in [0.717, 1.165) is 4.90 Å². The second kappa shape index (κ2) is 10.8. The smallest absolute Gasteiger partial charge is 0.270 e. The summed E-state index contributed by atoms with van der Waals surface area (Å²) >= 11 is 7.35. The van der Waals surface area contributed by atoms with E-state index in [0.29, 0.717) is 22.1 Å². The molecule has 0 fully saturated rings. The van der Waals surface area contributed by atoms with Crippen LogP contribution in [0.15, 0.2) is 71.6 Å². The monoisotopic (exact) mass is 485 g/mol. The molecule has 2 N–H and O–H groups in total. The van der Waals surface area contributed by atoms with Gasteiger partial charge >= 0.3 is 0 Å². The predicted molar refractivity (Wildman–Crippen MR) is 129 cm³/mol.